The molecule has 1 rings (SSSR count). The maximum absolute atomic E-state index is 8.79. The fourth-order valence-electron chi connectivity index (χ4n) is 1.87. The topological polar surface area (TPSA) is 23.5 Å². The van der Waals surface area contributed by atoms with Gasteiger partial charge in [0, 0.05) is 13.2 Å². The average Bonchev–Trinajstić information content (AvgIpc) is 2.35. The molecule has 0 heterocycles. The van der Waals surface area contributed by atoms with Crippen molar-refractivity contribution < 1.29 is 5.11 Å². The summed E-state index contributed by atoms with van der Waals surface area (Å²) in [6.45, 7) is 5.71. The predicted molar refractivity (Wildman–Crippen MR) is 68.6 cm³/mol. The quantitative estimate of drug-likeness (QED) is 0.728. The highest BCUT2D eigenvalue weighted by atomic mass is 16.3. The maximum atomic E-state index is 8.79. The number of benzene rings is 1. The summed E-state index contributed by atoms with van der Waals surface area (Å²) in [4.78, 5) is 2.40. The van der Waals surface area contributed by atoms with Crippen LogP contribution in [-0.4, -0.2) is 36.2 Å². The summed E-state index contributed by atoms with van der Waals surface area (Å²) < 4.78 is 0. The standard InChI is InChI=1S/C14H23NO/c1-2-15(12-7-13-16)11-6-10-14-8-4-3-5-9-14/h3-5,8-9,16H,2,6-7,10-13H2,1H3. The molecule has 90 valence electrons. The van der Waals surface area contributed by atoms with Crippen LogP contribution in [-0.2, 0) is 6.42 Å². The van der Waals surface area contributed by atoms with Crippen LogP contribution in [0, 0.1) is 0 Å². The Hall–Kier alpha value is -0.860. The van der Waals surface area contributed by atoms with Gasteiger partial charge in [0.15, 0.2) is 0 Å². The fourth-order valence-corrected chi connectivity index (χ4v) is 1.87. The molecule has 0 aliphatic carbocycles. The van der Waals surface area contributed by atoms with Crippen molar-refractivity contribution in [2.75, 3.05) is 26.2 Å². The average molecular weight is 221 g/mol. The second-order valence-corrected chi connectivity index (χ2v) is 4.10. The van der Waals surface area contributed by atoms with Crippen molar-refractivity contribution in [1.29, 1.82) is 0 Å². The lowest BCUT2D eigenvalue weighted by Crippen LogP contribution is -2.26. The van der Waals surface area contributed by atoms with Gasteiger partial charge in [-0.3, -0.25) is 0 Å². The van der Waals surface area contributed by atoms with Crippen molar-refractivity contribution in [1.82, 2.24) is 4.90 Å². The lowest BCUT2D eigenvalue weighted by molar-refractivity contribution is 0.229. The van der Waals surface area contributed by atoms with Crippen LogP contribution in [0.25, 0.3) is 0 Å². The van der Waals surface area contributed by atoms with Crippen molar-refractivity contribution in [3.05, 3.63) is 35.9 Å². The Morgan fingerprint density at radius 2 is 1.75 bits per heavy atom. The molecule has 0 aliphatic rings. The molecule has 0 atom stereocenters. The molecule has 0 radical (unpaired) electrons. The van der Waals surface area contributed by atoms with E-state index in [1.807, 2.05) is 0 Å². The smallest absolute Gasteiger partial charge is 0.0443 e. The van der Waals surface area contributed by atoms with Gasteiger partial charge in [-0.15, -0.1) is 0 Å². The van der Waals surface area contributed by atoms with E-state index in [4.69, 9.17) is 5.11 Å². The van der Waals surface area contributed by atoms with Gasteiger partial charge in [0.2, 0.25) is 0 Å². The van der Waals surface area contributed by atoms with E-state index < -0.39 is 0 Å². The largest absolute Gasteiger partial charge is 0.396 e. The van der Waals surface area contributed by atoms with E-state index in [-0.39, 0.29) is 0 Å². The van der Waals surface area contributed by atoms with Crippen LogP contribution >= 0.6 is 0 Å². The van der Waals surface area contributed by atoms with E-state index in [1.165, 1.54) is 12.0 Å². The van der Waals surface area contributed by atoms with Crippen molar-refractivity contribution in [2.45, 2.75) is 26.2 Å². The summed E-state index contributed by atoms with van der Waals surface area (Å²) in [5.41, 5.74) is 1.42. The van der Waals surface area contributed by atoms with Gasteiger partial charge in [-0.25, -0.2) is 0 Å². The molecule has 0 saturated carbocycles. The molecule has 1 N–H and O–H groups in total. The van der Waals surface area contributed by atoms with Crippen molar-refractivity contribution in [3.63, 3.8) is 0 Å². The fraction of sp³-hybridized carbons (Fsp3) is 0.571. The zero-order chi connectivity index (χ0) is 11.6. The molecule has 0 aromatic heterocycles. The molecule has 0 spiro atoms. The highest BCUT2D eigenvalue weighted by Crippen LogP contribution is 2.03. The molecular formula is C14H23NO. The minimum atomic E-state index is 0.301. The van der Waals surface area contributed by atoms with Crippen LogP contribution in [0.2, 0.25) is 0 Å². The lowest BCUT2D eigenvalue weighted by atomic mass is 10.1. The summed E-state index contributed by atoms with van der Waals surface area (Å²) in [6, 6.07) is 10.6. The normalized spacial score (nSPS) is 10.9. The Balaban J connectivity index is 2.18. The SMILES string of the molecule is CCN(CCCO)CCCc1ccccc1. The molecule has 16 heavy (non-hydrogen) atoms. The van der Waals surface area contributed by atoms with Gasteiger partial charge >= 0.3 is 0 Å². The molecule has 2 nitrogen and oxygen atoms in total. The van der Waals surface area contributed by atoms with Crippen molar-refractivity contribution >= 4 is 0 Å². The zero-order valence-corrected chi connectivity index (χ0v) is 10.2. The Bertz CT molecular complexity index is 261. The van der Waals surface area contributed by atoms with Crippen LogP contribution in [0.4, 0.5) is 0 Å². The highest BCUT2D eigenvalue weighted by Gasteiger charge is 2.01. The molecule has 0 aliphatic heterocycles. The maximum Gasteiger partial charge on any atom is 0.0443 e. The van der Waals surface area contributed by atoms with E-state index >= 15 is 0 Å². The number of hydrogen-bond acceptors (Lipinski definition) is 2. The number of hydrogen-bond donors (Lipinski definition) is 1. The van der Waals surface area contributed by atoms with E-state index in [0.29, 0.717) is 6.61 Å². The van der Waals surface area contributed by atoms with Crippen LogP contribution in [0.5, 0.6) is 0 Å². The molecule has 2 heteroatoms. The van der Waals surface area contributed by atoms with Gasteiger partial charge in [-0.2, -0.15) is 0 Å². The third-order valence-corrected chi connectivity index (χ3v) is 2.86. The highest BCUT2D eigenvalue weighted by molar-refractivity contribution is 5.14. The van der Waals surface area contributed by atoms with Crippen molar-refractivity contribution in [3.8, 4) is 0 Å². The summed E-state index contributed by atoms with van der Waals surface area (Å²) >= 11 is 0. The number of rotatable bonds is 8. The third-order valence-electron chi connectivity index (χ3n) is 2.86. The summed E-state index contributed by atoms with van der Waals surface area (Å²) in [5, 5.41) is 8.79. The molecule has 0 bridgehead atoms. The van der Waals surface area contributed by atoms with Crippen molar-refractivity contribution in [2.24, 2.45) is 0 Å². The van der Waals surface area contributed by atoms with Gasteiger partial charge in [0.1, 0.15) is 0 Å². The Morgan fingerprint density at radius 3 is 2.38 bits per heavy atom. The molecule has 0 saturated heterocycles. The number of nitrogens with zero attached hydrogens (tertiary/aromatic N) is 1. The van der Waals surface area contributed by atoms with E-state index in [9.17, 15) is 0 Å². The first-order chi connectivity index (χ1) is 7.86. The van der Waals surface area contributed by atoms with E-state index in [0.717, 1.165) is 32.5 Å². The van der Waals surface area contributed by atoms with Gasteiger partial charge in [0.05, 0.1) is 0 Å². The number of aliphatic hydroxyl groups is 1. The van der Waals surface area contributed by atoms with Crippen LogP contribution in [0.3, 0.4) is 0 Å². The number of aliphatic hydroxyl groups excluding tert-OH is 1. The molecule has 1 aromatic rings. The van der Waals surface area contributed by atoms with Crippen LogP contribution < -0.4 is 0 Å². The Morgan fingerprint density at radius 1 is 1.06 bits per heavy atom. The van der Waals surface area contributed by atoms with Gasteiger partial charge in [-0.05, 0) is 37.9 Å². The molecule has 1 aromatic carbocycles. The monoisotopic (exact) mass is 221 g/mol. The minimum Gasteiger partial charge on any atom is -0.396 e. The summed E-state index contributed by atoms with van der Waals surface area (Å²) in [5.74, 6) is 0. The lowest BCUT2D eigenvalue weighted by Gasteiger charge is -2.19. The Kier molecular flexibility index (Phi) is 6.86. The van der Waals surface area contributed by atoms with Crippen LogP contribution in [0.1, 0.15) is 25.3 Å². The molecular weight excluding hydrogens is 198 g/mol. The summed E-state index contributed by atoms with van der Waals surface area (Å²) in [7, 11) is 0. The van der Waals surface area contributed by atoms with Gasteiger partial charge < -0.3 is 10.0 Å². The zero-order valence-electron chi connectivity index (χ0n) is 10.2. The first-order valence-corrected chi connectivity index (χ1v) is 6.24. The third kappa shape index (κ3) is 5.29. The second kappa shape index (κ2) is 8.31. The van der Waals surface area contributed by atoms with E-state index in [1.54, 1.807) is 0 Å². The van der Waals surface area contributed by atoms with Gasteiger partial charge in [-0.1, -0.05) is 37.3 Å². The minimum absolute atomic E-state index is 0.301. The Labute approximate surface area is 98.9 Å². The van der Waals surface area contributed by atoms with Crippen LogP contribution in [0.15, 0.2) is 30.3 Å². The first kappa shape index (κ1) is 13.2. The second-order valence-electron chi connectivity index (χ2n) is 4.10. The number of aryl methyl sites for hydroxylation is 1. The van der Waals surface area contributed by atoms with Gasteiger partial charge in [0.25, 0.3) is 0 Å². The molecule has 0 amide bonds. The molecule has 0 fully saturated rings. The summed E-state index contributed by atoms with van der Waals surface area (Å²) in [6.07, 6.45) is 3.24. The predicted octanol–water partition coefficient (Wildman–Crippen LogP) is 2.32. The van der Waals surface area contributed by atoms with E-state index in [2.05, 4.69) is 42.2 Å². The first-order valence-electron chi connectivity index (χ1n) is 6.24. The molecule has 0 unspecified atom stereocenters.